The zero-order valence-corrected chi connectivity index (χ0v) is 12.5. The van der Waals surface area contributed by atoms with Gasteiger partial charge >= 0.3 is 0 Å². The van der Waals surface area contributed by atoms with Crippen LogP contribution in [-0.4, -0.2) is 22.9 Å². The third-order valence-corrected chi connectivity index (χ3v) is 3.82. The molecule has 0 bridgehead atoms. The molecular weight excluding hydrogens is 240 g/mol. The molecule has 0 spiro atoms. The second kappa shape index (κ2) is 4.71. The summed E-state index contributed by atoms with van der Waals surface area (Å²) in [6.45, 7) is 10.2. The molecule has 0 aliphatic carbocycles. The van der Waals surface area contributed by atoms with Gasteiger partial charge in [-0.15, -0.1) is 0 Å². The van der Waals surface area contributed by atoms with Crippen molar-refractivity contribution < 1.29 is 14.6 Å². The Labute approximate surface area is 115 Å². The molecular formula is C16H24O3. The maximum Gasteiger partial charge on any atom is 0.165 e. The fraction of sp³-hybridized carbons (Fsp3) is 0.625. The van der Waals surface area contributed by atoms with Gasteiger partial charge in [0.25, 0.3) is 0 Å². The molecule has 106 valence electrons. The maximum absolute atomic E-state index is 10.2. The predicted octanol–water partition coefficient (Wildman–Crippen LogP) is 3.19. The molecule has 0 aromatic heterocycles. The molecule has 1 heterocycles. The minimum atomic E-state index is -0.836. The van der Waals surface area contributed by atoms with Gasteiger partial charge in [-0.2, -0.15) is 0 Å². The largest absolute Gasteiger partial charge is 0.487 e. The molecule has 0 amide bonds. The average molecular weight is 264 g/mol. The fourth-order valence-electron chi connectivity index (χ4n) is 2.09. The third-order valence-electron chi connectivity index (χ3n) is 3.82. The topological polar surface area (TPSA) is 38.7 Å². The Morgan fingerprint density at radius 2 is 2.11 bits per heavy atom. The van der Waals surface area contributed by atoms with Crippen LogP contribution in [0.5, 0.6) is 11.5 Å². The second-order valence-electron chi connectivity index (χ2n) is 6.58. The number of hydrogen-bond acceptors (Lipinski definition) is 3. The fourth-order valence-corrected chi connectivity index (χ4v) is 2.09. The minimum absolute atomic E-state index is 0.140. The van der Waals surface area contributed by atoms with Crippen molar-refractivity contribution in [2.45, 2.75) is 52.2 Å². The van der Waals surface area contributed by atoms with Crippen molar-refractivity contribution in [2.75, 3.05) is 6.61 Å². The molecule has 0 radical (unpaired) electrons. The molecule has 3 heteroatoms. The van der Waals surface area contributed by atoms with Crippen LogP contribution in [0.4, 0.5) is 0 Å². The van der Waals surface area contributed by atoms with E-state index in [2.05, 4.69) is 19.9 Å². The van der Waals surface area contributed by atoms with Crippen LogP contribution in [0.3, 0.4) is 0 Å². The lowest BCUT2D eigenvalue weighted by Gasteiger charge is -2.28. The Morgan fingerprint density at radius 3 is 2.74 bits per heavy atom. The van der Waals surface area contributed by atoms with Crippen LogP contribution < -0.4 is 9.47 Å². The van der Waals surface area contributed by atoms with Gasteiger partial charge in [0.15, 0.2) is 11.5 Å². The van der Waals surface area contributed by atoms with Crippen LogP contribution in [0.2, 0.25) is 0 Å². The van der Waals surface area contributed by atoms with E-state index >= 15 is 0 Å². The predicted molar refractivity (Wildman–Crippen MR) is 75.8 cm³/mol. The highest BCUT2D eigenvalue weighted by molar-refractivity contribution is 5.50. The average Bonchev–Trinajstić information content (AvgIpc) is 2.60. The highest BCUT2D eigenvalue weighted by Crippen LogP contribution is 2.42. The normalized spacial score (nSPS) is 19.7. The quantitative estimate of drug-likeness (QED) is 0.907. The van der Waals surface area contributed by atoms with E-state index in [-0.39, 0.29) is 18.1 Å². The van der Waals surface area contributed by atoms with Crippen molar-refractivity contribution in [1.82, 2.24) is 0 Å². The van der Waals surface area contributed by atoms with Crippen LogP contribution in [0, 0.1) is 5.92 Å². The summed E-state index contributed by atoms with van der Waals surface area (Å²) in [5.74, 6) is 1.69. The van der Waals surface area contributed by atoms with E-state index < -0.39 is 5.60 Å². The Morgan fingerprint density at radius 1 is 1.42 bits per heavy atom. The van der Waals surface area contributed by atoms with Crippen LogP contribution in [0.15, 0.2) is 18.2 Å². The van der Waals surface area contributed by atoms with Crippen LogP contribution in [0.1, 0.15) is 40.2 Å². The first-order valence-corrected chi connectivity index (χ1v) is 6.87. The maximum atomic E-state index is 10.2. The molecule has 1 aromatic carbocycles. The number of ether oxygens (including phenoxy) is 2. The van der Waals surface area contributed by atoms with Crippen LogP contribution in [0.25, 0.3) is 0 Å². The summed E-state index contributed by atoms with van der Waals surface area (Å²) in [6.07, 6.45) is 0.889. The third kappa shape index (κ3) is 3.03. The summed E-state index contributed by atoms with van der Waals surface area (Å²) in [5.41, 5.74) is 0.158. The van der Waals surface area contributed by atoms with Gasteiger partial charge in [0, 0.05) is 12.0 Å². The van der Waals surface area contributed by atoms with Gasteiger partial charge in [-0.3, -0.25) is 0 Å². The van der Waals surface area contributed by atoms with Crippen molar-refractivity contribution in [3.05, 3.63) is 23.8 Å². The van der Waals surface area contributed by atoms with Gasteiger partial charge in [-0.1, -0.05) is 26.0 Å². The zero-order valence-electron chi connectivity index (χ0n) is 12.5. The lowest BCUT2D eigenvalue weighted by Crippen LogP contribution is -2.37. The lowest BCUT2D eigenvalue weighted by atomic mass is 9.94. The minimum Gasteiger partial charge on any atom is -0.487 e. The number of hydrogen-bond donors (Lipinski definition) is 1. The SMILES string of the molecule is CC(C)C(C)(O)COc1cccc2c1OC(C)(C)C2. The zero-order chi connectivity index (χ0) is 14.3. The van der Waals surface area contributed by atoms with E-state index in [0.717, 1.165) is 17.9 Å². The number of para-hydroxylation sites is 1. The van der Waals surface area contributed by atoms with Gasteiger partial charge in [0.05, 0.1) is 5.60 Å². The van der Waals surface area contributed by atoms with E-state index in [9.17, 15) is 5.11 Å². The molecule has 0 saturated heterocycles. The van der Waals surface area contributed by atoms with Crippen molar-refractivity contribution in [1.29, 1.82) is 0 Å². The van der Waals surface area contributed by atoms with E-state index in [0.29, 0.717) is 0 Å². The van der Waals surface area contributed by atoms with Crippen molar-refractivity contribution in [3.63, 3.8) is 0 Å². The van der Waals surface area contributed by atoms with Crippen LogP contribution in [-0.2, 0) is 6.42 Å². The number of aliphatic hydroxyl groups is 1. The molecule has 0 fully saturated rings. The van der Waals surface area contributed by atoms with Crippen molar-refractivity contribution in [2.24, 2.45) is 5.92 Å². The summed E-state index contributed by atoms with van der Waals surface area (Å²) in [5, 5.41) is 10.2. The smallest absolute Gasteiger partial charge is 0.165 e. The molecule has 1 N–H and O–H groups in total. The van der Waals surface area contributed by atoms with Gasteiger partial charge in [0.2, 0.25) is 0 Å². The molecule has 1 aliphatic heterocycles. The molecule has 19 heavy (non-hydrogen) atoms. The van der Waals surface area contributed by atoms with Gasteiger partial charge in [0.1, 0.15) is 12.2 Å². The summed E-state index contributed by atoms with van der Waals surface area (Å²) < 4.78 is 11.7. The molecule has 1 unspecified atom stereocenters. The Hall–Kier alpha value is -1.22. The second-order valence-corrected chi connectivity index (χ2v) is 6.58. The van der Waals surface area contributed by atoms with E-state index in [1.807, 2.05) is 26.0 Å². The molecule has 0 saturated carbocycles. The van der Waals surface area contributed by atoms with Gasteiger partial charge in [-0.25, -0.2) is 0 Å². The van der Waals surface area contributed by atoms with E-state index in [1.54, 1.807) is 6.92 Å². The van der Waals surface area contributed by atoms with E-state index in [1.165, 1.54) is 5.56 Å². The molecule has 1 aliphatic rings. The number of fused-ring (bicyclic) bond motifs is 1. The summed E-state index contributed by atoms with van der Waals surface area (Å²) >= 11 is 0. The summed E-state index contributed by atoms with van der Waals surface area (Å²) in [4.78, 5) is 0. The first-order valence-electron chi connectivity index (χ1n) is 6.87. The van der Waals surface area contributed by atoms with Gasteiger partial charge in [-0.05, 0) is 32.8 Å². The van der Waals surface area contributed by atoms with Crippen molar-refractivity contribution >= 4 is 0 Å². The number of rotatable bonds is 4. The summed E-state index contributed by atoms with van der Waals surface area (Å²) in [6, 6.07) is 5.94. The summed E-state index contributed by atoms with van der Waals surface area (Å²) in [7, 11) is 0. The Bertz CT molecular complexity index is 461. The standard InChI is InChI=1S/C16H24O3/c1-11(2)16(5,17)10-18-13-8-6-7-12-9-15(3,4)19-14(12)13/h6-8,11,17H,9-10H2,1-5H3. The first-order chi connectivity index (χ1) is 8.71. The Balaban J connectivity index is 2.14. The molecule has 2 rings (SSSR count). The molecule has 3 nitrogen and oxygen atoms in total. The lowest BCUT2D eigenvalue weighted by molar-refractivity contribution is -0.0276. The molecule has 1 atom stereocenters. The first kappa shape index (κ1) is 14.2. The molecule has 1 aromatic rings. The van der Waals surface area contributed by atoms with E-state index in [4.69, 9.17) is 9.47 Å². The highest BCUT2D eigenvalue weighted by Gasteiger charge is 2.33. The monoisotopic (exact) mass is 264 g/mol. The number of benzene rings is 1. The Kier molecular flexibility index (Phi) is 3.52. The van der Waals surface area contributed by atoms with Gasteiger partial charge < -0.3 is 14.6 Å². The highest BCUT2D eigenvalue weighted by atomic mass is 16.5. The van der Waals surface area contributed by atoms with Crippen LogP contribution >= 0.6 is 0 Å². The van der Waals surface area contributed by atoms with Crippen molar-refractivity contribution in [3.8, 4) is 11.5 Å².